The molecule has 0 bridgehead atoms. The Balaban J connectivity index is 1.94. The zero-order valence-corrected chi connectivity index (χ0v) is 11.5. The molecule has 2 atom stereocenters. The van der Waals surface area contributed by atoms with Crippen LogP contribution in [-0.4, -0.2) is 46.8 Å². The summed E-state index contributed by atoms with van der Waals surface area (Å²) >= 11 is 0. The summed E-state index contributed by atoms with van der Waals surface area (Å²) in [6.07, 6.45) is 5.17. The Morgan fingerprint density at radius 3 is 2.67 bits per heavy atom. The molecule has 2 unspecified atom stereocenters. The predicted octanol–water partition coefficient (Wildman–Crippen LogP) is 1.71. The fourth-order valence-corrected chi connectivity index (χ4v) is 3.05. The summed E-state index contributed by atoms with van der Waals surface area (Å²) in [5, 5.41) is 10.4. The lowest BCUT2D eigenvalue weighted by atomic mass is 9.82. The van der Waals surface area contributed by atoms with E-state index in [9.17, 15) is 9.90 Å². The summed E-state index contributed by atoms with van der Waals surface area (Å²) in [6.45, 7) is 5.28. The molecule has 0 aromatic carbocycles. The number of carbonyl (C=O) groups is 1. The molecule has 0 aromatic rings. The first-order chi connectivity index (χ1) is 8.52. The van der Waals surface area contributed by atoms with Crippen molar-refractivity contribution in [1.29, 1.82) is 0 Å². The number of ether oxygens (including phenoxy) is 1. The van der Waals surface area contributed by atoms with Gasteiger partial charge in [-0.3, -0.25) is 4.79 Å². The molecule has 0 spiro atoms. The Morgan fingerprint density at radius 2 is 2.00 bits per heavy atom. The third kappa shape index (κ3) is 3.04. The van der Waals surface area contributed by atoms with Crippen molar-refractivity contribution in [2.75, 3.05) is 13.2 Å². The van der Waals surface area contributed by atoms with E-state index in [-0.39, 0.29) is 24.5 Å². The summed E-state index contributed by atoms with van der Waals surface area (Å²) in [5.74, 6) is 0.0852. The number of morpholine rings is 1. The number of hydrogen-bond acceptors (Lipinski definition) is 3. The van der Waals surface area contributed by atoms with Crippen LogP contribution >= 0.6 is 0 Å². The van der Waals surface area contributed by atoms with Gasteiger partial charge in [0.2, 0.25) is 5.91 Å². The van der Waals surface area contributed by atoms with E-state index in [2.05, 4.69) is 0 Å². The maximum absolute atomic E-state index is 12.3. The molecule has 1 amide bonds. The average molecular weight is 255 g/mol. The van der Waals surface area contributed by atoms with Crippen LogP contribution in [0, 0.1) is 0 Å². The predicted molar refractivity (Wildman–Crippen MR) is 69.2 cm³/mol. The summed E-state index contributed by atoms with van der Waals surface area (Å²) < 4.78 is 5.53. The molecule has 4 heteroatoms. The van der Waals surface area contributed by atoms with Crippen molar-refractivity contribution in [2.45, 2.75) is 70.1 Å². The molecule has 2 rings (SSSR count). The molecular weight excluding hydrogens is 230 g/mol. The van der Waals surface area contributed by atoms with Crippen molar-refractivity contribution in [3.05, 3.63) is 0 Å². The van der Waals surface area contributed by atoms with Crippen molar-refractivity contribution >= 4 is 5.91 Å². The van der Waals surface area contributed by atoms with Crippen LogP contribution < -0.4 is 0 Å². The Kier molecular flexibility index (Phi) is 4.28. The van der Waals surface area contributed by atoms with Crippen molar-refractivity contribution in [2.24, 2.45) is 0 Å². The summed E-state index contributed by atoms with van der Waals surface area (Å²) in [7, 11) is 0. The van der Waals surface area contributed by atoms with Crippen molar-refractivity contribution in [1.82, 2.24) is 4.90 Å². The van der Waals surface area contributed by atoms with Crippen molar-refractivity contribution in [3.8, 4) is 0 Å². The lowest BCUT2D eigenvalue weighted by molar-refractivity contribution is -0.150. The second-order valence-electron chi connectivity index (χ2n) is 5.87. The highest BCUT2D eigenvalue weighted by Crippen LogP contribution is 2.32. The van der Waals surface area contributed by atoms with Crippen LogP contribution in [-0.2, 0) is 9.53 Å². The highest BCUT2D eigenvalue weighted by molar-refractivity contribution is 5.77. The first-order valence-corrected chi connectivity index (χ1v) is 7.15. The highest BCUT2D eigenvalue weighted by Gasteiger charge is 2.36. The minimum Gasteiger partial charge on any atom is -0.389 e. The monoisotopic (exact) mass is 255 g/mol. The normalized spacial score (nSPS) is 32.3. The number of rotatable bonds is 2. The van der Waals surface area contributed by atoms with Gasteiger partial charge in [-0.05, 0) is 26.7 Å². The number of carbonyl (C=O) groups excluding carboxylic acids is 1. The molecule has 0 aromatic heterocycles. The maximum Gasteiger partial charge on any atom is 0.225 e. The number of nitrogens with zero attached hydrogens (tertiary/aromatic N) is 1. The van der Waals surface area contributed by atoms with Crippen LogP contribution in [0.2, 0.25) is 0 Å². The van der Waals surface area contributed by atoms with Gasteiger partial charge in [0, 0.05) is 6.54 Å². The lowest BCUT2D eigenvalue weighted by Gasteiger charge is -2.40. The molecule has 1 saturated carbocycles. The quantitative estimate of drug-likeness (QED) is 0.817. The smallest absolute Gasteiger partial charge is 0.225 e. The van der Waals surface area contributed by atoms with E-state index < -0.39 is 5.60 Å². The minimum atomic E-state index is -0.753. The fraction of sp³-hybridized carbons (Fsp3) is 0.929. The van der Waals surface area contributed by atoms with Gasteiger partial charge in [0.05, 0.1) is 30.8 Å². The van der Waals surface area contributed by atoms with E-state index in [0.29, 0.717) is 13.2 Å². The van der Waals surface area contributed by atoms with Crippen LogP contribution in [0.5, 0.6) is 0 Å². The minimum absolute atomic E-state index is 0.0852. The van der Waals surface area contributed by atoms with Crippen LogP contribution in [0.25, 0.3) is 0 Å². The number of amides is 1. The molecule has 2 aliphatic rings. The van der Waals surface area contributed by atoms with Crippen LogP contribution in [0.1, 0.15) is 52.4 Å². The standard InChI is InChI=1S/C14H25NO3/c1-11-12(2)18-9-8-15(11)13(16)10-14(17)6-4-3-5-7-14/h11-12,17H,3-10H2,1-2H3. The van der Waals surface area contributed by atoms with Gasteiger partial charge < -0.3 is 14.7 Å². The molecule has 1 N–H and O–H groups in total. The van der Waals surface area contributed by atoms with Gasteiger partial charge >= 0.3 is 0 Å². The average Bonchev–Trinajstić information content (AvgIpc) is 2.33. The van der Waals surface area contributed by atoms with Gasteiger partial charge in [-0.2, -0.15) is 0 Å². The molecule has 104 valence electrons. The van der Waals surface area contributed by atoms with Gasteiger partial charge in [-0.1, -0.05) is 19.3 Å². The zero-order valence-electron chi connectivity index (χ0n) is 11.5. The molecule has 4 nitrogen and oxygen atoms in total. The van der Waals surface area contributed by atoms with Gasteiger partial charge in [-0.15, -0.1) is 0 Å². The lowest BCUT2D eigenvalue weighted by Crippen LogP contribution is -2.53. The third-order valence-electron chi connectivity index (χ3n) is 4.47. The SMILES string of the molecule is CC1OCCN(C(=O)CC2(O)CCCCC2)C1C. The fourth-order valence-electron chi connectivity index (χ4n) is 3.05. The second-order valence-corrected chi connectivity index (χ2v) is 5.87. The zero-order chi connectivity index (χ0) is 13.2. The topological polar surface area (TPSA) is 49.8 Å². The van der Waals surface area contributed by atoms with E-state index in [4.69, 9.17) is 4.74 Å². The van der Waals surface area contributed by atoms with Crippen molar-refractivity contribution < 1.29 is 14.6 Å². The Labute approximate surface area is 109 Å². The van der Waals surface area contributed by atoms with E-state index in [1.54, 1.807) is 0 Å². The summed E-state index contributed by atoms with van der Waals surface area (Å²) in [5.41, 5.74) is -0.753. The second kappa shape index (κ2) is 5.57. The molecule has 1 aliphatic carbocycles. The summed E-state index contributed by atoms with van der Waals surface area (Å²) in [6, 6.07) is 0.110. The van der Waals surface area contributed by atoms with E-state index in [0.717, 1.165) is 25.7 Å². The van der Waals surface area contributed by atoms with Crippen LogP contribution in [0.15, 0.2) is 0 Å². The third-order valence-corrected chi connectivity index (χ3v) is 4.47. The first-order valence-electron chi connectivity index (χ1n) is 7.15. The van der Waals surface area contributed by atoms with Crippen LogP contribution in [0.3, 0.4) is 0 Å². The van der Waals surface area contributed by atoms with Gasteiger partial charge in [0.25, 0.3) is 0 Å². The van der Waals surface area contributed by atoms with Crippen LogP contribution in [0.4, 0.5) is 0 Å². The molecule has 1 heterocycles. The number of aliphatic hydroxyl groups is 1. The Hall–Kier alpha value is -0.610. The Bertz CT molecular complexity index is 299. The molecule has 2 fully saturated rings. The molecular formula is C14H25NO3. The van der Waals surface area contributed by atoms with E-state index in [1.165, 1.54) is 6.42 Å². The molecule has 1 aliphatic heterocycles. The Morgan fingerprint density at radius 1 is 1.33 bits per heavy atom. The van der Waals surface area contributed by atoms with Crippen molar-refractivity contribution in [3.63, 3.8) is 0 Å². The molecule has 0 radical (unpaired) electrons. The van der Waals surface area contributed by atoms with Gasteiger partial charge in [-0.25, -0.2) is 0 Å². The van der Waals surface area contributed by atoms with Gasteiger partial charge in [0.1, 0.15) is 0 Å². The largest absolute Gasteiger partial charge is 0.389 e. The van der Waals surface area contributed by atoms with E-state index in [1.807, 2.05) is 18.7 Å². The van der Waals surface area contributed by atoms with Gasteiger partial charge in [0.15, 0.2) is 0 Å². The number of hydrogen-bond donors (Lipinski definition) is 1. The van der Waals surface area contributed by atoms with E-state index >= 15 is 0 Å². The summed E-state index contributed by atoms with van der Waals surface area (Å²) in [4.78, 5) is 14.2. The maximum atomic E-state index is 12.3. The molecule has 1 saturated heterocycles. The molecule has 18 heavy (non-hydrogen) atoms. The highest BCUT2D eigenvalue weighted by atomic mass is 16.5. The first kappa shape index (κ1) is 13.8.